The first-order valence-electron chi connectivity index (χ1n) is 8.84. The Bertz CT molecular complexity index is 521. The number of piperazine rings is 1. The largest absolute Gasteiger partial charge is 0.497 e. The lowest BCUT2D eigenvalue weighted by molar-refractivity contribution is 0.0489. The summed E-state index contributed by atoms with van der Waals surface area (Å²) < 4.78 is 5.15. The van der Waals surface area contributed by atoms with Crippen molar-refractivity contribution in [1.82, 2.24) is 9.80 Å². The lowest BCUT2D eigenvalue weighted by Crippen LogP contribution is -2.52. The number of carbonyl (C=O) groups excluding carboxylic acids is 1. The van der Waals surface area contributed by atoms with Crippen LogP contribution in [-0.4, -0.2) is 55.0 Å². The molecule has 0 bridgehead atoms. The van der Waals surface area contributed by atoms with Crippen LogP contribution in [0, 0.1) is 5.92 Å². The molecule has 1 heterocycles. The highest BCUT2D eigenvalue weighted by molar-refractivity contribution is 5.94. The average molecular weight is 316 g/mol. The van der Waals surface area contributed by atoms with Gasteiger partial charge in [-0.25, -0.2) is 0 Å². The molecule has 0 radical (unpaired) electrons. The second kappa shape index (κ2) is 7.35. The Morgan fingerprint density at radius 3 is 2.39 bits per heavy atom. The Hall–Kier alpha value is -1.55. The maximum atomic E-state index is 12.6. The molecule has 1 aliphatic carbocycles. The first kappa shape index (κ1) is 16.3. The summed E-state index contributed by atoms with van der Waals surface area (Å²) in [5.74, 6) is 1.79. The average Bonchev–Trinajstić information content (AvgIpc) is 2.61. The van der Waals surface area contributed by atoms with Gasteiger partial charge < -0.3 is 9.64 Å². The van der Waals surface area contributed by atoms with Gasteiger partial charge in [0.15, 0.2) is 0 Å². The Labute approximate surface area is 139 Å². The lowest BCUT2D eigenvalue weighted by Gasteiger charge is -2.42. The number of ether oxygens (including phenoxy) is 1. The summed E-state index contributed by atoms with van der Waals surface area (Å²) in [6.45, 7) is 6.08. The van der Waals surface area contributed by atoms with E-state index < -0.39 is 0 Å². The third kappa shape index (κ3) is 3.86. The van der Waals surface area contributed by atoms with Crippen LogP contribution < -0.4 is 4.74 Å². The van der Waals surface area contributed by atoms with Crippen LogP contribution in [0.4, 0.5) is 0 Å². The van der Waals surface area contributed by atoms with Gasteiger partial charge in [0.25, 0.3) is 5.91 Å². The minimum Gasteiger partial charge on any atom is -0.497 e. The van der Waals surface area contributed by atoms with Gasteiger partial charge in [-0.1, -0.05) is 19.8 Å². The molecule has 4 heteroatoms. The molecular weight excluding hydrogens is 288 g/mol. The number of rotatable bonds is 3. The maximum absolute atomic E-state index is 12.6. The minimum atomic E-state index is 0.143. The van der Waals surface area contributed by atoms with Crippen LogP contribution in [0.2, 0.25) is 0 Å². The van der Waals surface area contributed by atoms with E-state index in [1.807, 2.05) is 29.2 Å². The molecule has 3 rings (SSSR count). The summed E-state index contributed by atoms with van der Waals surface area (Å²) in [5, 5.41) is 0. The van der Waals surface area contributed by atoms with Crippen molar-refractivity contribution in [2.45, 2.75) is 38.6 Å². The number of hydrogen-bond donors (Lipinski definition) is 0. The van der Waals surface area contributed by atoms with E-state index in [-0.39, 0.29) is 5.91 Å². The highest BCUT2D eigenvalue weighted by Crippen LogP contribution is 2.28. The van der Waals surface area contributed by atoms with Crippen molar-refractivity contribution >= 4 is 5.91 Å². The molecule has 1 aromatic carbocycles. The van der Waals surface area contributed by atoms with Gasteiger partial charge >= 0.3 is 0 Å². The Balaban J connectivity index is 1.54. The number of methoxy groups -OCH3 is 1. The quantitative estimate of drug-likeness (QED) is 0.859. The van der Waals surface area contributed by atoms with E-state index in [1.54, 1.807) is 7.11 Å². The maximum Gasteiger partial charge on any atom is 0.253 e. The van der Waals surface area contributed by atoms with Crippen LogP contribution in [0.3, 0.4) is 0 Å². The summed E-state index contributed by atoms with van der Waals surface area (Å²) in [7, 11) is 1.64. The lowest BCUT2D eigenvalue weighted by atomic mass is 9.86. The van der Waals surface area contributed by atoms with Crippen molar-refractivity contribution in [2.24, 2.45) is 5.92 Å². The minimum absolute atomic E-state index is 0.143. The molecule has 1 saturated carbocycles. The van der Waals surface area contributed by atoms with Gasteiger partial charge in [0.05, 0.1) is 7.11 Å². The number of carbonyl (C=O) groups is 1. The zero-order chi connectivity index (χ0) is 16.2. The van der Waals surface area contributed by atoms with Crippen molar-refractivity contribution in [2.75, 3.05) is 33.3 Å². The van der Waals surface area contributed by atoms with Crippen molar-refractivity contribution in [3.05, 3.63) is 29.8 Å². The highest BCUT2D eigenvalue weighted by Gasteiger charge is 2.29. The van der Waals surface area contributed by atoms with Crippen LogP contribution >= 0.6 is 0 Å². The normalized spacial score (nSPS) is 26.1. The van der Waals surface area contributed by atoms with Crippen molar-refractivity contribution in [3.8, 4) is 5.75 Å². The van der Waals surface area contributed by atoms with Gasteiger partial charge in [-0.05, 0) is 43.0 Å². The monoisotopic (exact) mass is 316 g/mol. The Morgan fingerprint density at radius 1 is 1.09 bits per heavy atom. The van der Waals surface area contributed by atoms with E-state index >= 15 is 0 Å². The molecule has 2 fully saturated rings. The van der Waals surface area contributed by atoms with Gasteiger partial charge in [0.1, 0.15) is 5.75 Å². The second-order valence-electron chi connectivity index (χ2n) is 6.98. The molecule has 0 spiro atoms. The zero-order valence-electron chi connectivity index (χ0n) is 14.3. The predicted octanol–water partition coefficient (Wildman–Crippen LogP) is 3.03. The van der Waals surface area contributed by atoms with E-state index in [0.29, 0.717) is 0 Å². The fourth-order valence-electron chi connectivity index (χ4n) is 3.94. The van der Waals surface area contributed by atoms with Crippen LogP contribution in [0.15, 0.2) is 24.3 Å². The summed E-state index contributed by atoms with van der Waals surface area (Å²) in [4.78, 5) is 17.2. The van der Waals surface area contributed by atoms with Crippen LogP contribution in [0.1, 0.15) is 43.0 Å². The van der Waals surface area contributed by atoms with Crippen LogP contribution in [-0.2, 0) is 0 Å². The van der Waals surface area contributed by atoms with Gasteiger partial charge in [-0.2, -0.15) is 0 Å². The molecule has 2 unspecified atom stereocenters. The molecular formula is C19H28N2O2. The number of hydrogen-bond acceptors (Lipinski definition) is 3. The number of benzene rings is 1. The van der Waals surface area contributed by atoms with Gasteiger partial charge in [-0.3, -0.25) is 9.69 Å². The predicted molar refractivity (Wildman–Crippen MR) is 91.9 cm³/mol. The molecule has 23 heavy (non-hydrogen) atoms. The van der Waals surface area contributed by atoms with Gasteiger partial charge in [0.2, 0.25) is 0 Å². The van der Waals surface area contributed by atoms with E-state index in [4.69, 9.17) is 4.74 Å². The first-order valence-corrected chi connectivity index (χ1v) is 8.84. The Kier molecular flexibility index (Phi) is 5.21. The van der Waals surface area contributed by atoms with E-state index in [2.05, 4.69) is 11.8 Å². The number of nitrogens with zero attached hydrogens (tertiary/aromatic N) is 2. The third-order valence-electron chi connectivity index (χ3n) is 5.36. The number of amides is 1. The molecule has 0 N–H and O–H groups in total. The van der Waals surface area contributed by atoms with Crippen LogP contribution in [0.5, 0.6) is 5.75 Å². The van der Waals surface area contributed by atoms with Crippen molar-refractivity contribution < 1.29 is 9.53 Å². The summed E-state index contributed by atoms with van der Waals surface area (Å²) in [6.07, 6.45) is 5.40. The molecule has 4 nitrogen and oxygen atoms in total. The van der Waals surface area contributed by atoms with Crippen molar-refractivity contribution in [1.29, 1.82) is 0 Å². The zero-order valence-corrected chi connectivity index (χ0v) is 14.3. The smallest absolute Gasteiger partial charge is 0.253 e. The third-order valence-corrected chi connectivity index (χ3v) is 5.36. The van der Waals surface area contributed by atoms with Gasteiger partial charge in [-0.15, -0.1) is 0 Å². The fourth-order valence-corrected chi connectivity index (χ4v) is 3.94. The molecule has 0 aromatic heterocycles. The van der Waals surface area contributed by atoms with Crippen LogP contribution in [0.25, 0.3) is 0 Å². The van der Waals surface area contributed by atoms with E-state index in [1.165, 1.54) is 25.7 Å². The van der Waals surface area contributed by atoms with Gasteiger partial charge in [0, 0.05) is 37.8 Å². The second-order valence-corrected chi connectivity index (χ2v) is 6.98. The summed E-state index contributed by atoms with van der Waals surface area (Å²) in [5.41, 5.74) is 0.755. The topological polar surface area (TPSA) is 32.8 Å². The molecule has 1 aliphatic heterocycles. The molecule has 2 aliphatic rings. The standard InChI is InChI=1S/C19H28N2O2/c1-15-4-3-5-17(14-15)20-10-12-21(13-11-20)19(22)16-6-8-18(23-2)9-7-16/h6-9,15,17H,3-5,10-14H2,1-2H3. The first-order chi connectivity index (χ1) is 11.2. The SMILES string of the molecule is COc1ccc(C(=O)N2CCN(C3CCCC(C)C3)CC2)cc1. The molecule has 1 amide bonds. The molecule has 126 valence electrons. The summed E-state index contributed by atoms with van der Waals surface area (Å²) >= 11 is 0. The fraction of sp³-hybridized carbons (Fsp3) is 0.632. The summed E-state index contributed by atoms with van der Waals surface area (Å²) in [6, 6.07) is 8.16. The highest BCUT2D eigenvalue weighted by atomic mass is 16.5. The van der Waals surface area contributed by atoms with E-state index in [9.17, 15) is 4.79 Å². The van der Waals surface area contributed by atoms with E-state index in [0.717, 1.165) is 49.5 Å². The van der Waals surface area contributed by atoms with Crippen molar-refractivity contribution in [3.63, 3.8) is 0 Å². The molecule has 1 aromatic rings. The Morgan fingerprint density at radius 2 is 1.78 bits per heavy atom. The molecule has 1 saturated heterocycles. The molecule has 2 atom stereocenters.